The summed E-state index contributed by atoms with van der Waals surface area (Å²) in [4.78, 5) is 0. The quantitative estimate of drug-likeness (QED) is 0.739. The van der Waals surface area contributed by atoms with Gasteiger partial charge in [-0.05, 0) is 6.92 Å². The molecule has 0 aromatic carbocycles. The molecule has 1 aromatic rings. The van der Waals surface area contributed by atoms with Crippen molar-refractivity contribution in [1.82, 2.24) is 9.78 Å². The van der Waals surface area contributed by atoms with Crippen molar-refractivity contribution in [3.05, 3.63) is 17.5 Å². The van der Waals surface area contributed by atoms with Crippen LogP contribution < -0.4 is 0 Å². The van der Waals surface area contributed by atoms with E-state index in [1.165, 1.54) is 24.9 Å². The van der Waals surface area contributed by atoms with Gasteiger partial charge in [0, 0.05) is 18.8 Å². The first-order chi connectivity index (χ1) is 5.52. The highest BCUT2D eigenvalue weighted by atomic mass is 19.3. The van der Waals surface area contributed by atoms with Crippen molar-refractivity contribution < 1.29 is 13.9 Å². The first-order valence-corrected chi connectivity index (χ1v) is 3.52. The van der Waals surface area contributed by atoms with Gasteiger partial charge in [-0.3, -0.25) is 4.68 Å². The van der Waals surface area contributed by atoms with E-state index in [9.17, 15) is 8.78 Å². The van der Waals surface area contributed by atoms with E-state index in [4.69, 9.17) is 5.11 Å². The molecule has 0 saturated carbocycles. The topological polar surface area (TPSA) is 38.0 Å². The molecular formula is C7H10F2N2O. The number of nitrogens with zero attached hydrogens (tertiary/aromatic N) is 2. The van der Waals surface area contributed by atoms with Crippen molar-refractivity contribution >= 4 is 0 Å². The van der Waals surface area contributed by atoms with Crippen LogP contribution in [0.25, 0.3) is 0 Å². The molecule has 0 saturated heterocycles. The van der Waals surface area contributed by atoms with Gasteiger partial charge in [-0.25, -0.2) is 8.78 Å². The number of aliphatic hydroxyl groups excluding tert-OH is 1. The van der Waals surface area contributed by atoms with Crippen LogP contribution in [0, 0.1) is 0 Å². The summed E-state index contributed by atoms with van der Waals surface area (Å²) < 4.78 is 25.7. The van der Waals surface area contributed by atoms with Gasteiger partial charge in [-0.2, -0.15) is 5.10 Å². The summed E-state index contributed by atoms with van der Waals surface area (Å²) in [6.07, 6.45) is -2.13. The summed E-state index contributed by atoms with van der Waals surface area (Å²) in [7, 11) is 1.54. The van der Waals surface area contributed by atoms with Crippen molar-refractivity contribution in [2.24, 2.45) is 7.05 Å². The molecule has 0 amide bonds. The molecule has 0 fully saturated rings. The Hall–Kier alpha value is -0.970. The number of aryl methyl sites for hydroxylation is 1. The molecule has 0 radical (unpaired) electrons. The fourth-order valence-corrected chi connectivity index (χ4v) is 1.02. The van der Waals surface area contributed by atoms with Crippen LogP contribution in [0.4, 0.5) is 8.78 Å². The van der Waals surface area contributed by atoms with Crippen molar-refractivity contribution in [3.8, 4) is 0 Å². The molecule has 12 heavy (non-hydrogen) atoms. The Morgan fingerprint density at radius 2 is 2.17 bits per heavy atom. The Morgan fingerprint density at radius 1 is 1.58 bits per heavy atom. The zero-order chi connectivity index (χ0) is 9.30. The molecule has 1 atom stereocenters. The molecule has 1 heterocycles. The van der Waals surface area contributed by atoms with Gasteiger partial charge in [0.25, 0.3) is 6.43 Å². The molecule has 0 bridgehead atoms. The van der Waals surface area contributed by atoms with Gasteiger partial charge in [0.2, 0.25) is 0 Å². The van der Waals surface area contributed by atoms with E-state index in [0.717, 1.165) is 0 Å². The second-order valence-electron chi connectivity index (χ2n) is 2.62. The number of aromatic nitrogens is 2. The number of rotatable bonds is 2. The fourth-order valence-electron chi connectivity index (χ4n) is 1.02. The van der Waals surface area contributed by atoms with Gasteiger partial charge in [-0.15, -0.1) is 0 Å². The van der Waals surface area contributed by atoms with E-state index >= 15 is 0 Å². The Labute approximate surface area is 68.6 Å². The predicted octanol–water partition coefficient (Wildman–Crippen LogP) is 1.41. The minimum absolute atomic E-state index is 0.188. The molecule has 1 aromatic heterocycles. The van der Waals surface area contributed by atoms with E-state index in [0.29, 0.717) is 0 Å². The Balaban J connectivity index is 3.08. The summed E-state index contributed by atoms with van der Waals surface area (Å²) in [6.45, 7) is 1.43. The smallest absolute Gasteiger partial charge is 0.282 e. The summed E-state index contributed by atoms with van der Waals surface area (Å²) in [5.74, 6) is 0. The minimum atomic E-state index is -2.63. The molecule has 0 aliphatic carbocycles. The Morgan fingerprint density at radius 3 is 2.50 bits per heavy atom. The maximum Gasteiger partial charge on any atom is 0.282 e. The van der Waals surface area contributed by atoms with Gasteiger partial charge >= 0.3 is 0 Å². The predicted molar refractivity (Wildman–Crippen MR) is 38.8 cm³/mol. The lowest BCUT2D eigenvalue weighted by Crippen LogP contribution is -1.96. The van der Waals surface area contributed by atoms with Crippen molar-refractivity contribution in [2.45, 2.75) is 19.5 Å². The van der Waals surface area contributed by atoms with Crippen LogP contribution in [0.3, 0.4) is 0 Å². The van der Waals surface area contributed by atoms with Crippen LogP contribution in [0.15, 0.2) is 6.20 Å². The Bertz CT molecular complexity index is 245. The van der Waals surface area contributed by atoms with E-state index in [1.54, 1.807) is 0 Å². The van der Waals surface area contributed by atoms with Crippen LogP contribution in [0.1, 0.15) is 30.7 Å². The molecule has 0 aliphatic rings. The third kappa shape index (κ3) is 1.61. The van der Waals surface area contributed by atoms with Gasteiger partial charge in [0.05, 0.1) is 6.10 Å². The zero-order valence-electron chi connectivity index (χ0n) is 6.83. The van der Waals surface area contributed by atoms with Gasteiger partial charge in [-0.1, -0.05) is 0 Å². The lowest BCUT2D eigenvalue weighted by molar-refractivity contribution is 0.135. The second-order valence-corrected chi connectivity index (χ2v) is 2.62. The van der Waals surface area contributed by atoms with Crippen LogP contribution in [-0.2, 0) is 7.05 Å². The van der Waals surface area contributed by atoms with E-state index in [1.807, 2.05) is 0 Å². The lowest BCUT2D eigenvalue weighted by atomic mass is 10.2. The molecule has 3 nitrogen and oxygen atoms in total. The highest BCUT2D eigenvalue weighted by Gasteiger charge is 2.19. The minimum Gasteiger partial charge on any atom is -0.389 e. The lowest BCUT2D eigenvalue weighted by Gasteiger charge is -2.02. The average Bonchev–Trinajstić information content (AvgIpc) is 2.31. The maximum absolute atomic E-state index is 12.2. The van der Waals surface area contributed by atoms with E-state index < -0.39 is 12.5 Å². The monoisotopic (exact) mass is 176 g/mol. The van der Waals surface area contributed by atoms with Crippen LogP contribution in [0.2, 0.25) is 0 Å². The van der Waals surface area contributed by atoms with Crippen molar-refractivity contribution in [2.75, 3.05) is 0 Å². The highest BCUT2D eigenvalue weighted by Crippen LogP contribution is 2.25. The van der Waals surface area contributed by atoms with E-state index in [-0.39, 0.29) is 11.3 Å². The van der Waals surface area contributed by atoms with Gasteiger partial charge < -0.3 is 5.11 Å². The normalized spacial score (nSPS) is 13.8. The summed E-state index contributed by atoms with van der Waals surface area (Å²) >= 11 is 0. The standard InChI is InChI=1S/C7H10F2N2O/c1-4(12)5-3-11(2)10-6(5)7(8)9/h3-4,7,12H,1-2H3/t4-/m1/s1. The molecular weight excluding hydrogens is 166 g/mol. The molecule has 5 heteroatoms. The number of alkyl halides is 2. The molecule has 68 valence electrons. The first kappa shape index (κ1) is 9.12. The number of aliphatic hydroxyl groups is 1. The third-order valence-corrected chi connectivity index (χ3v) is 1.54. The first-order valence-electron chi connectivity index (χ1n) is 3.52. The number of halogens is 2. The van der Waals surface area contributed by atoms with E-state index in [2.05, 4.69) is 5.10 Å². The van der Waals surface area contributed by atoms with Gasteiger partial charge in [0.15, 0.2) is 0 Å². The number of hydrogen-bond acceptors (Lipinski definition) is 2. The summed E-state index contributed by atoms with van der Waals surface area (Å²) in [5, 5.41) is 12.6. The average molecular weight is 176 g/mol. The van der Waals surface area contributed by atoms with Crippen LogP contribution >= 0.6 is 0 Å². The van der Waals surface area contributed by atoms with Crippen molar-refractivity contribution in [3.63, 3.8) is 0 Å². The third-order valence-electron chi connectivity index (χ3n) is 1.54. The number of hydrogen-bond donors (Lipinski definition) is 1. The Kier molecular flexibility index (Phi) is 2.42. The second kappa shape index (κ2) is 3.18. The highest BCUT2D eigenvalue weighted by molar-refractivity contribution is 5.20. The molecule has 1 rings (SSSR count). The maximum atomic E-state index is 12.2. The van der Waals surface area contributed by atoms with Crippen molar-refractivity contribution in [1.29, 1.82) is 0 Å². The summed E-state index contributed by atoms with van der Waals surface area (Å²) in [5.41, 5.74) is -0.153. The molecule has 0 aliphatic heterocycles. The fraction of sp³-hybridized carbons (Fsp3) is 0.571. The molecule has 0 spiro atoms. The van der Waals surface area contributed by atoms with Gasteiger partial charge in [0.1, 0.15) is 5.69 Å². The molecule has 0 unspecified atom stereocenters. The zero-order valence-corrected chi connectivity index (χ0v) is 6.83. The summed E-state index contributed by atoms with van der Waals surface area (Å²) in [6, 6.07) is 0. The van der Waals surface area contributed by atoms with Crippen LogP contribution in [0.5, 0.6) is 0 Å². The van der Waals surface area contributed by atoms with Crippen LogP contribution in [-0.4, -0.2) is 14.9 Å². The SMILES string of the molecule is C[C@@H](O)c1cn(C)nc1C(F)F. The molecule has 1 N–H and O–H groups in total. The largest absolute Gasteiger partial charge is 0.389 e.